The summed E-state index contributed by atoms with van der Waals surface area (Å²) in [4.78, 5) is 25.0. The molecule has 7 heteroatoms. The third-order valence-corrected chi connectivity index (χ3v) is 4.10. The van der Waals surface area contributed by atoms with E-state index in [4.69, 9.17) is 16.7 Å². The molecule has 126 valence electrons. The summed E-state index contributed by atoms with van der Waals surface area (Å²) in [5.41, 5.74) is 1.16. The number of carboxylic acid groups (broad SMARTS) is 1. The highest BCUT2D eigenvalue weighted by atomic mass is 35.5. The number of nitrogens with zero attached hydrogens (tertiary/aromatic N) is 1. The molecule has 1 fully saturated rings. The summed E-state index contributed by atoms with van der Waals surface area (Å²) in [6, 6.07) is 9.45. The zero-order valence-corrected chi connectivity index (χ0v) is 13.6. The first-order chi connectivity index (χ1) is 11.1. The summed E-state index contributed by atoms with van der Waals surface area (Å²) in [5.74, 6) is 0.351. The molecule has 1 heterocycles. The van der Waals surface area contributed by atoms with Gasteiger partial charge in [-0.3, -0.25) is 9.69 Å². The number of nitrogens with one attached hydrogen (secondary N) is 2. The number of alkyl halides is 1. The molecule has 1 aromatic carbocycles. The minimum atomic E-state index is -1.07. The second-order valence-corrected chi connectivity index (χ2v) is 6.08. The van der Waals surface area contributed by atoms with E-state index in [1.165, 1.54) is 0 Å². The molecular formula is C16H22ClN3O3. The lowest BCUT2D eigenvalue weighted by Gasteiger charge is -2.19. The Labute approximate surface area is 140 Å². The summed E-state index contributed by atoms with van der Waals surface area (Å²) in [5, 5.41) is 14.4. The van der Waals surface area contributed by atoms with Gasteiger partial charge in [-0.1, -0.05) is 30.3 Å². The van der Waals surface area contributed by atoms with Crippen LogP contribution < -0.4 is 10.6 Å². The van der Waals surface area contributed by atoms with Crippen molar-refractivity contribution in [2.75, 3.05) is 19.0 Å². The normalized spacial score (nSPS) is 21.1. The van der Waals surface area contributed by atoms with Crippen LogP contribution in [0.1, 0.15) is 18.4 Å². The number of carbonyl (C=O) groups excluding carboxylic acids is 1. The van der Waals surface area contributed by atoms with E-state index in [2.05, 4.69) is 15.5 Å². The number of hydrogen-bond acceptors (Lipinski definition) is 3. The molecule has 6 nitrogen and oxygen atoms in total. The highest BCUT2D eigenvalue weighted by Gasteiger charge is 2.34. The van der Waals surface area contributed by atoms with Crippen molar-refractivity contribution in [1.29, 1.82) is 0 Å². The number of hydrogen-bond donors (Lipinski definition) is 3. The van der Waals surface area contributed by atoms with Gasteiger partial charge in [0.1, 0.15) is 0 Å². The van der Waals surface area contributed by atoms with Crippen LogP contribution in [-0.2, 0) is 11.3 Å². The van der Waals surface area contributed by atoms with Gasteiger partial charge in [-0.25, -0.2) is 4.79 Å². The number of amides is 2. The fourth-order valence-corrected chi connectivity index (χ4v) is 2.95. The number of benzene rings is 1. The molecule has 2 rings (SSSR count). The first-order valence-corrected chi connectivity index (χ1v) is 8.23. The van der Waals surface area contributed by atoms with Crippen LogP contribution in [0.4, 0.5) is 4.79 Å². The van der Waals surface area contributed by atoms with Crippen molar-refractivity contribution in [3.8, 4) is 0 Å². The van der Waals surface area contributed by atoms with E-state index in [1.807, 2.05) is 30.3 Å². The second kappa shape index (κ2) is 8.74. The van der Waals surface area contributed by atoms with Gasteiger partial charge < -0.3 is 15.7 Å². The van der Waals surface area contributed by atoms with Crippen molar-refractivity contribution in [3.05, 3.63) is 35.9 Å². The Bertz CT molecular complexity index is 527. The number of likely N-dealkylation sites (tertiary alicyclic amines) is 1. The third kappa shape index (κ3) is 5.73. The van der Waals surface area contributed by atoms with Gasteiger partial charge in [0.05, 0.1) is 12.1 Å². The van der Waals surface area contributed by atoms with Crippen LogP contribution in [-0.4, -0.2) is 53.1 Å². The lowest BCUT2D eigenvalue weighted by Crippen LogP contribution is -2.50. The molecule has 0 aromatic heterocycles. The van der Waals surface area contributed by atoms with Crippen LogP contribution in [0.5, 0.6) is 0 Å². The van der Waals surface area contributed by atoms with E-state index >= 15 is 0 Å². The second-order valence-electron chi connectivity index (χ2n) is 5.70. The molecule has 1 saturated heterocycles. The number of rotatable bonds is 7. The largest absolute Gasteiger partial charge is 0.465 e. The molecule has 3 N–H and O–H groups in total. The van der Waals surface area contributed by atoms with Crippen molar-refractivity contribution in [2.45, 2.75) is 31.5 Å². The van der Waals surface area contributed by atoms with Crippen molar-refractivity contribution >= 4 is 23.6 Å². The van der Waals surface area contributed by atoms with E-state index in [0.717, 1.165) is 12.1 Å². The highest BCUT2D eigenvalue weighted by Crippen LogP contribution is 2.15. The SMILES string of the molecule is O=C(O)N[C@H]1CN(Cc2ccccc2)C[C@H]1NC(=O)CCCCl. The van der Waals surface area contributed by atoms with E-state index in [1.54, 1.807) is 0 Å². The molecular weight excluding hydrogens is 318 g/mol. The quantitative estimate of drug-likeness (QED) is 0.660. The Morgan fingerprint density at radius 1 is 1.17 bits per heavy atom. The molecule has 1 aromatic rings. The van der Waals surface area contributed by atoms with E-state index in [-0.39, 0.29) is 18.0 Å². The molecule has 2 atom stereocenters. The Balaban J connectivity index is 1.94. The molecule has 0 aliphatic carbocycles. The van der Waals surface area contributed by atoms with Crippen LogP contribution in [0.2, 0.25) is 0 Å². The minimum absolute atomic E-state index is 0.0885. The minimum Gasteiger partial charge on any atom is -0.465 e. The molecule has 0 radical (unpaired) electrons. The van der Waals surface area contributed by atoms with Gasteiger partial charge in [-0.2, -0.15) is 0 Å². The van der Waals surface area contributed by atoms with Crippen molar-refractivity contribution in [1.82, 2.24) is 15.5 Å². The predicted molar refractivity (Wildman–Crippen MR) is 88.6 cm³/mol. The zero-order chi connectivity index (χ0) is 16.7. The van der Waals surface area contributed by atoms with E-state index in [0.29, 0.717) is 31.8 Å². The van der Waals surface area contributed by atoms with Gasteiger partial charge in [0, 0.05) is 31.9 Å². The van der Waals surface area contributed by atoms with Gasteiger partial charge in [0.25, 0.3) is 0 Å². The molecule has 1 aliphatic rings. The van der Waals surface area contributed by atoms with Gasteiger partial charge >= 0.3 is 6.09 Å². The van der Waals surface area contributed by atoms with E-state index in [9.17, 15) is 9.59 Å². The smallest absolute Gasteiger partial charge is 0.404 e. The van der Waals surface area contributed by atoms with Crippen molar-refractivity contribution < 1.29 is 14.7 Å². The number of halogens is 1. The molecule has 0 spiro atoms. The number of carbonyl (C=O) groups is 2. The van der Waals surface area contributed by atoms with Crippen molar-refractivity contribution in [2.24, 2.45) is 0 Å². The van der Waals surface area contributed by atoms with Gasteiger partial charge in [0.15, 0.2) is 0 Å². The lowest BCUT2D eigenvalue weighted by molar-refractivity contribution is -0.121. The van der Waals surface area contributed by atoms with Gasteiger partial charge in [0.2, 0.25) is 5.91 Å². The van der Waals surface area contributed by atoms with Crippen LogP contribution >= 0.6 is 11.6 Å². The highest BCUT2D eigenvalue weighted by molar-refractivity contribution is 6.17. The summed E-state index contributed by atoms with van der Waals surface area (Å²) < 4.78 is 0. The van der Waals surface area contributed by atoms with Gasteiger partial charge in [-0.15, -0.1) is 11.6 Å². The standard InChI is InChI=1S/C16H22ClN3O3/c17-8-4-7-15(21)18-13-10-20(11-14(13)19-16(22)23)9-12-5-2-1-3-6-12/h1-3,5-6,13-14,19H,4,7-11H2,(H,18,21)(H,22,23)/t13-,14+/m1/s1. The molecule has 2 amide bonds. The van der Waals surface area contributed by atoms with Crippen LogP contribution in [0.25, 0.3) is 0 Å². The maximum Gasteiger partial charge on any atom is 0.404 e. The first-order valence-electron chi connectivity index (χ1n) is 7.69. The maximum absolute atomic E-state index is 11.9. The molecule has 0 bridgehead atoms. The molecule has 23 heavy (non-hydrogen) atoms. The summed E-state index contributed by atoms with van der Waals surface area (Å²) in [6.07, 6.45) is -0.0971. The van der Waals surface area contributed by atoms with E-state index < -0.39 is 6.09 Å². The summed E-state index contributed by atoms with van der Waals surface area (Å²) >= 11 is 5.59. The van der Waals surface area contributed by atoms with Crippen LogP contribution in [0, 0.1) is 0 Å². The Morgan fingerprint density at radius 2 is 1.83 bits per heavy atom. The average Bonchev–Trinajstić information content (AvgIpc) is 2.86. The lowest BCUT2D eigenvalue weighted by atomic mass is 10.1. The maximum atomic E-state index is 11.9. The molecule has 1 aliphatic heterocycles. The predicted octanol–water partition coefficient (Wildman–Crippen LogP) is 1.64. The Kier molecular flexibility index (Phi) is 6.67. The average molecular weight is 340 g/mol. The Hall–Kier alpha value is -1.79. The van der Waals surface area contributed by atoms with Gasteiger partial charge in [-0.05, 0) is 12.0 Å². The van der Waals surface area contributed by atoms with Crippen molar-refractivity contribution in [3.63, 3.8) is 0 Å². The molecule has 0 saturated carbocycles. The fourth-order valence-electron chi connectivity index (χ4n) is 2.81. The molecule has 0 unspecified atom stereocenters. The summed E-state index contributed by atoms with van der Waals surface area (Å²) in [6.45, 7) is 1.92. The van der Waals surface area contributed by atoms with Crippen LogP contribution in [0.3, 0.4) is 0 Å². The summed E-state index contributed by atoms with van der Waals surface area (Å²) in [7, 11) is 0. The third-order valence-electron chi connectivity index (χ3n) is 3.84. The topological polar surface area (TPSA) is 81.7 Å². The Morgan fingerprint density at radius 3 is 2.43 bits per heavy atom. The zero-order valence-electron chi connectivity index (χ0n) is 12.9. The van der Waals surface area contributed by atoms with Crippen LogP contribution in [0.15, 0.2) is 30.3 Å². The first kappa shape index (κ1) is 17.6. The monoisotopic (exact) mass is 339 g/mol. The fraction of sp³-hybridized carbons (Fsp3) is 0.500.